The van der Waals surface area contributed by atoms with Gasteiger partial charge in [-0.3, -0.25) is 13.7 Å². The van der Waals surface area contributed by atoms with E-state index in [0.717, 1.165) is 32.0 Å². The Morgan fingerprint density at radius 2 is 0.791 bits per heavy atom. The normalized spacial score (nSPS) is 29.4. The van der Waals surface area contributed by atoms with Gasteiger partial charge in [0.05, 0.1) is 76.8 Å². The fourth-order valence-corrected chi connectivity index (χ4v) is 18.0. The number of carbonyl (C=O) groups is 5. The number of nitrogens with two attached hydrogens (primary N) is 1. The van der Waals surface area contributed by atoms with Crippen molar-refractivity contribution in [1.29, 1.82) is 0 Å². The molecule has 29 nitrogen and oxygen atoms in total. The lowest BCUT2D eigenvalue weighted by molar-refractivity contribution is -0.266. The van der Waals surface area contributed by atoms with E-state index in [4.69, 9.17) is 71.1 Å². The first-order valence-electron chi connectivity index (χ1n) is 39.3. The van der Waals surface area contributed by atoms with Gasteiger partial charge in [-0.15, -0.1) is 0 Å². The van der Waals surface area contributed by atoms with E-state index < -0.39 is 124 Å². The van der Waals surface area contributed by atoms with E-state index in [9.17, 15) is 42.8 Å². The summed E-state index contributed by atoms with van der Waals surface area (Å²) in [4.78, 5) is 66.8. The predicted octanol–water partition coefficient (Wildman–Crippen LogP) is 10.3. The van der Waals surface area contributed by atoms with Gasteiger partial charge in [0.25, 0.3) is 0 Å². The second kappa shape index (κ2) is 49.5. The Hall–Kier alpha value is -3.61. The van der Waals surface area contributed by atoms with Crippen LogP contribution in [0.5, 0.6) is 0 Å². The van der Waals surface area contributed by atoms with Crippen molar-refractivity contribution in [2.24, 2.45) is 40.8 Å². The van der Waals surface area contributed by atoms with E-state index in [1.54, 1.807) is 96.8 Å². The largest absolute Gasteiger partial charge is 1.00 e. The number of aliphatic hydroxyl groups is 1. The number of esters is 3. The van der Waals surface area contributed by atoms with Crippen LogP contribution in [0.4, 0.5) is 0 Å². The van der Waals surface area contributed by atoms with Crippen LogP contribution in [-0.4, -0.2) is 259 Å². The van der Waals surface area contributed by atoms with Crippen LogP contribution in [0.25, 0.3) is 0 Å². The number of cyclic esters (lactones) is 3. The highest BCUT2D eigenvalue weighted by Crippen LogP contribution is 2.47. The molecule has 3 fully saturated rings. The molecule has 6 aliphatic heterocycles. The smallest absolute Gasteiger partial charge is 0.340 e. The van der Waals surface area contributed by atoms with E-state index >= 15 is 0 Å². The van der Waals surface area contributed by atoms with Gasteiger partial charge >= 0.3 is 17.9 Å². The lowest BCUT2D eigenvalue weighted by Gasteiger charge is -2.47. The highest BCUT2D eigenvalue weighted by atomic mass is 35.5. The van der Waals surface area contributed by atoms with Crippen molar-refractivity contribution in [2.45, 2.75) is 322 Å². The molecule has 0 bridgehead atoms. The Bertz CT molecular complexity index is 3200. The second-order valence-electron chi connectivity index (χ2n) is 33.7. The molecule has 0 aromatic carbocycles. The molecular formula is C81H142Cl2N4O25P3-. The van der Waals surface area contributed by atoms with Crippen molar-refractivity contribution in [2.75, 3.05) is 83.9 Å². The van der Waals surface area contributed by atoms with Gasteiger partial charge < -0.3 is 118 Å². The zero-order valence-electron chi connectivity index (χ0n) is 74.6. The number of methoxy groups -OCH3 is 4. The van der Waals surface area contributed by atoms with Crippen molar-refractivity contribution in [1.82, 2.24) is 14.7 Å². The average molecular weight is 1740 g/mol. The molecule has 0 aromatic heterocycles. The monoisotopic (exact) mass is 1730 g/mol. The molecule has 0 radical (unpaired) electrons. The summed E-state index contributed by atoms with van der Waals surface area (Å²) in [6, 6.07) is -0.0512. The van der Waals surface area contributed by atoms with E-state index in [0.29, 0.717) is 66.1 Å². The van der Waals surface area contributed by atoms with Crippen LogP contribution < -0.4 is 17.7 Å². The third kappa shape index (κ3) is 31.0. The molecule has 6 aliphatic rings. The molecule has 115 heavy (non-hydrogen) atoms. The van der Waals surface area contributed by atoms with E-state index in [2.05, 4.69) is 26.7 Å². The molecule has 24 atom stereocenters. The molecule has 6 rings (SSSR count). The van der Waals surface area contributed by atoms with Crippen LogP contribution in [0, 0.1) is 35.5 Å². The summed E-state index contributed by atoms with van der Waals surface area (Å²) in [5.74, 6) is -5.03. The van der Waals surface area contributed by atoms with Gasteiger partial charge in [0, 0.05) is 125 Å². The van der Waals surface area contributed by atoms with Crippen LogP contribution in [0.15, 0.2) is 46.1 Å². The van der Waals surface area contributed by atoms with Gasteiger partial charge in [0.1, 0.15) is 46.8 Å². The van der Waals surface area contributed by atoms with Gasteiger partial charge in [-0.05, 0) is 174 Å². The maximum Gasteiger partial charge on any atom is 0.340 e. The lowest BCUT2D eigenvalue weighted by atomic mass is 9.80. The molecule has 0 aromatic rings. The van der Waals surface area contributed by atoms with Gasteiger partial charge in [0.15, 0.2) is 44.3 Å². The minimum Gasteiger partial charge on any atom is -1.00 e. The van der Waals surface area contributed by atoms with Crippen LogP contribution in [0.1, 0.15) is 197 Å². The third-order valence-corrected chi connectivity index (χ3v) is 24.2. The van der Waals surface area contributed by atoms with Crippen LogP contribution in [0.2, 0.25) is 0 Å². The maximum atomic E-state index is 12.7. The molecule has 3 saturated heterocycles. The van der Waals surface area contributed by atoms with Crippen molar-refractivity contribution in [3.8, 4) is 0 Å². The number of aliphatic hydroxyl groups excluding tert-OH is 1. The Morgan fingerprint density at radius 1 is 0.522 bits per heavy atom. The summed E-state index contributed by atoms with van der Waals surface area (Å²) in [6.07, 6.45) is 4.66. The Morgan fingerprint density at radius 3 is 1.02 bits per heavy atom. The lowest BCUT2D eigenvalue weighted by Crippen LogP contribution is -3.00. The van der Waals surface area contributed by atoms with Gasteiger partial charge in [0.2, 0.25) is 17.4 Å². The molecule has 0 spiro atoms. The fraction of sp³-hybridized carbons (Fsp3) is 0.840. The van der Waals surface area contributed by atoms with E-state index in [-0.39, 0.29) is 98.6 Å². The first-order chi connectivity index (χ1) is 53.0. The van der Waals surface area contributed by atoms with Crippen LogP contribution >= 0.6 is 37.2 Å². The number of ether oxygens (including phenoxy) is 16. The maximum absolute atomic E-state index is 12.7. The number of hydrogen-bond donors (Lipinski definition) is 2. The molecule has 34 heteroatoms. The number of halogens is 2. The number of nitrogens with zero attached hydrogens (tertiary/aromatic N) is 3. The molecule has 0 aliphatic carbocycles. The molecule has 3 N–H and O–H groups in total. The van der Waals surface area contributed by atoms with E-state index in [1.807, 2.05) is 148 Å². The average Bonchev–Trinajstić information content (AvgIpc) is 0.777. The van der Waals surface area contributed by atoms with Gasteiger partial charge in [-0.2, -0.15) is 0 Å². The van der Waals surface area contributed by atoms with E-state index in [1.165, 1.54) is 0 Å². The van der Waals surface area contributed by atoms with Gasteiger partial charge in [-0.1, -0.05) is 53.7 Å². The SMILES string of the molecule is CCOC.CO[C@](C)(C[C@@H](C)/C=C/CO)[C@H](O[C@@H]1OC(C)CC(N(C)C)[C@H]1P=O)[C@@H](C)C1=C(C)C(=O)OC(C)(C)O1.CO[C@](C)(C[C@@H](C)C=O)[C@H](O[C@@H]1O[C@H](C)CC(N(C)C)[C@H]1P=O)[C@@H](C)C1=C(C)C(=O)OC(C)(C)O1.CO[C@](C)(C[C@@H](C)CC=O)[C@H](O[C@@H]1OC(C)CC(N(C)C)[C@H]1P=O)[C@@H](C)C1=C(C)C(=O)OC(C)(C)O1.NCl.[Cl-]. The quantitative estimate of drug-likeness (QED) is 0.0147. The zero-order valence-corrected chi connectivity index (χ0v) is 78.8. The summed E-state index contributed by atoms with van der Waals surface area (Å²) in [5, 5.41) is 13.2. The van der Waals surface area contributed by atoms with Crippen LogP contribution in [-0.2, 0) is 113 Å². The molecule has 0 amide bonds. The number of allylic oxidation sites excluding steroid dienone is 1. The molecular weight excluding hydrogens is 1590 g/mol. The number of hydrogen-bond acceptors (Lipinski definition) is 29. The predicted molar refractivity (Wildman–Crippen MR) is 436 cm³/mol. The zero-order chi connectivity index (χ0) is 87.7. The third-order valence-electron chi connectivity index (χ3n) is 21.8. The Balaban J connectivity index is 0.000000829. The second-order valence-corrected chi connectivity index (χ2v) is 36.1. The van der Waals surface area contributed by atoms with Gasteiger partial charge in [-0.25, -0.2) is 19.6 Å². The molecule has 5 unspecified atom stereocenters. The van der Waals surface area contributed by atoms with Crippen molar-refractivity contribution in [3.63, 3.8) is 0 Å². The number of carbonyl (C=O) groups excluding carboxylic acids is 5. The topological polar surface area (TPSA) is 340 Å². The summed E-state index contributed by atoms with van der Waals surface area (Å²) in [6.45, 7) is 41.1. The number of aldehydes is 2. The molecule has 666 valence electrons. The highest BCUT2D eigenvalue weighted by Gasteiger charge is 2.54. The van der Waals surface area contributed by atoms with Crippen molar-refractivity contribution in [3.05, 3.63) is 46.1 Å². The highest BCUT2D eigenvalue weighted by molar-refractivity contribution is 7.25. The molecule has 6 heterocycles. The number of rotatable bonds is 36. The Kier molecular flexibility index (Phi) is 47.1. The first-order valence-corrected chi connectivity index (χ1v) is 42.4. The summed E-state index contributed by atoms with van der Waals surface area (Å²) in [7, 11) is 18.0. The standard InChI is InChI=1S/C27H46NO8P.C26H44NO8P.C25H42NO8P.C3H8O.ClH2N.ClH/c1-16(12-11-13-29)15-27(7,32-10)23(18(3)21-19(4)24(30)36-26(5,6)35-21)34-25-22(37-31)20(28(8)9)14-17(2)33-25;1-15(11-12-28)14-26(7,31-10)22(17(3)20-18(4)23(29)35-25(5,6)34-20)33-24-21(36-30)19(27(8)9)13-16(2)32-24;1-14(13-27)12-25(7,30-10)21(16(3)19-17(4)22(28)34-24(5,6)33-19)32-23-20(35-29)18(26(8)9)11-15(2)31-23;1-3-4-2;1-2;/h11-12,16-18,20,22-23,25,29H,13-15H2,1-10H3;12,15-17,19,21-22,24H,11,13-14H2,1-10H3;13-16,18,20-21,23H,11-12H2,1-10H3;3H2,1-2H3;2H2;1H/p-1/b12-11+;;;;;/t16-,17?,18-,20?,22+,23+,25-,27+;15-,16?,17-,19?,21+,22+,24-,26+;14-,15-,16+,18?,20-,21-,23+,25-;;;/m001.../s1. The van der Waals surface area contributed by atoms with Crippen molar-refractivity contribution >= 4 is 67.6 Å². The summed E-state index contributed by atoms with van der Waals surface area (Å²) < 4.78 is 133. The fourth-order valence-electron chi connectivity index (χ4n) is 15.7. The summed E-state index contributed by atoms with van der Waals surface area (Å²) in [5.41, 5.74) is -2.91. The van der Waals surface area contributed by atoms with Crippen molar-refractivity contribution < 1.29 is 131 Å². The van der Waals surface area contributed by atoms with Crippen LogP contribution in [0.3, 0.4) is 0 Å². The molecule has 0 saturated carbocycles. The minimum absolute atomic E-state index is 0. The summed E-state index contributed by atoms with van der Waals surface area (Å²) >= 11 is 4.14. The first kappa shape index (κ1) is 109. The minimum atomic E-state index is -1.15. The Labute approximate surface area is 702 Å².